The number of nitrogens with zero attached hydrogens (tertiary/aromatic N) is 2. The highest BCUT2D eigenvalue weighted by Gasteiger charge is 2.23. The van der Waals surface area contributed by atoms with Crippen molar-refractivity contribution in [1.29, 1.82) is 0 Å². The first-order valence-electron chi connectivity index (χ1n) is 7.65. The van der Waals surface area contributed by atoms with Gasteiger partial charge in [0.2, 0.25) is 0 Å². The van der Waals surface area contributed by atoms with Gasteiger partial charge in [0.05, 0.1) is 37.1 Å². The van der Waals surface area contributed by atoms with Crippen molar-refractivity contribution < 1.29 is 14.1 Å². The molecule has 1 aromatic carbocycles. The van der Waals surface area contributed by atoms with Crippen LogP contribution in [0.15, 0.2) is 47.1 Å². The minimum absolute atomic E-state index is 0.136. The van der Waals surface area contributed by atoms with E-state index in [0.717, 1.165) is 28.3 Å². The SMILES string of the molecule is C[NH+](C)CCCN(C(=O)c1ccco1)c1nc2ccccc2s1. The molecule has 0 radical (unpaired) electrons. The van der Waals surface area contributed by atoms with Crippen LogP contribution in [0.25, 0.3) is 10.2 Å². The zero-order valence-corrected chi connectivity index (χ0v) is 14.1. The van der Waals surface area contributed by atoms with Crippen LogP contribution in [0.1, 0.15) is 17.0 Å². The Morgan fingerprint density at radius 1 is 1.26 bits per heavy atom. The summed E-state index contributed by atoms with van der Waals surface area (Å²) in [6.45, 7) is 1.62. The first-order valence-corrected chi connectivity index (χ1v) is 8.47. The molecule has 23 heavy (non-hydrogen) atoms. The number of carbonyl (C=O) groups excluding carboxylic acids is 1. The Labute approximate surface area is 139 Å². The lowest BCUT2D eigenvalue weighted by Gasteiger charge is -2.19. The number of rotatable bonds is 6. The summed E-state index contributed by atoms with van der Waals surface area (Å²) in [7, 11) is 4.22. The van der Waals surface area contributed by atoms with Crippen LogP contribution >= 0.6 is 11.3 Å². The largest absolute Gasteiger partial charge is 0.459 e. The van der Waals surface area contributed by atoms with Gasteiger partial charge in [0.1, 0.15) is 0 Å². The highest BCUT2D eigenvalue weighted by Crippen LogP contribution is 2.29. The Kier molecular flexibility index (Phi) is 4.73. The smallest absolute Gasteiger partial charge is 0.295 e. The van der Waals surface area contributed by atoms with E-state index in [1.54, 1.807) is 17.0 Å². The molecular weight excluding hydrogens is 310 g/mol. The Bertz CT molecular complexity index is 747. The van der Waals surface area contributed by atoms with Gasteiger partial charge in [-0.25, -0.2) is 4.98 Å². The Morgan fingerprint density at radius 2 is 2.09 bits per heavy atom. The maximum atomic E-state index is 12.8. The second-order valence-electron chi connectivity index (χ2n) is 5.71. The average Bonchev–Trinajstić information content (AvgIpc) is 3.19. The number of hydrogen-bond donors (Lipinski definition) is 1. The molecule has 5 nitrogen and oxygen atoms in total. The molecule has 1 amide bonds. The summed E-state index contributed by atoms with van der Waals surface area (Å²) in [5, 5.41) is 0.723. The van der Waals surface area contributed by atoms with E-state index in [4.69, 9.17) is 4.42 Å². The number of nitrogens with one attached hydrogen (secondary N) is 1. The normalized spacial score (nSPS) is 11.3. The van der Waals surface area contributed by atoms with Gasteiger partial charge in [-0.05, 0) is 24.3 Å². The molecule has 120 valence electrons. The molecule has 6 heteroatoms. The Balaban J connectivity index is 1.88. The summed E-state index contributed by atoms with van der Waals surface area (Å²) in [6, 6.07) is 11.4. The van der Waals surface area contributed by atoms with E-state index in [9.17, 15) is 4.79 Å². The number of thiazole rings is 1. The van der Waals surface area contributed by atoms with Crippen molar-refractivity contribution in [2.45, 2.75) is 6.42 Å². The third-order valence-electron chi connectivity index (χ3n) is 3.55. The molecule has 1 N–H and O–H groups in total. The van der Waals surface area contributed by atoms with E-state index in [-0.39, 0.29) is 5.91 Å². The number of carbonyl (C=O) groups is 1. The van der Waals surface area contributed by atoms with Crippen LogP contribution in [0.4, 0.5) is 5.13 Å². The molecule has 0 aliphatic carbocycles. The number of quaternary nitrogens is 1. The predicted octanol–water partition coefficient (Wildman–Crippen LogP) is 2.07. The van der Waals surface area contributed by atoms with Crippen molar-refractivity contribution in [3.05, 3.63) is 48.4 Å². The van der Waals surface area contributed by atoms with Gasteiger partial charge in [0.15, 0.2) is 10.9 Å². The van der Waals surface area contributed by atoms with Gasteiger partial charge < -0.3 is 9.32 Å². The average molecular weight is 330 g/mol. The van der Waals surface area contributed by atoms with Gasteiger partial charge in [-0.3, -0.25) is 9.69 Å². The summed E-state index contributed by atoms with van der Waals surface area (Å²) in [6.07, 6.45) is 2.43. The zero-order valence-electron chi connectivity index (χ0n) is 13.3. The minimum Gasteiger partial charge on any atom is -0.459 e. The van der Waals surface area contributed by atoms with Crippen molar-refractivity contribution in [1.82, 2.24) is 4.98 Å². The predicted molar refractivity (Wildman–Crippen MR) is 92.3 cm³/mol. The van der Waals surface area contributed by atoms with Gasteiger partial charge in [0.25, 0.3) is 5.91 Å². The molecule has 0 aliphatic rings. The minimum atomic E-state index is -0.136. The molecule has 0 saturated carbocycles. The molecule has 3 aromatic rings. The zero-order chi connectivity index (χ0) is 16.2. The van der Waals surface area contributed by atoms with Crippen molar-refractivity contribution in [2.75, 3.05) is 32.1 Å². The summed E-state index contributed by atoms with van der Waals surface area (Å²) in [4.78, 5) is 20.5. The van der Waals surface area contributed by atoms with Crippen LogP contribution in [-0.4, -0.2) is 38.1 Å². The lowest BCUT2D eigenvalue weighted by molar-refractivity contribution is -0.858. The maximum Gasteiger partial charge on any atom is 0.295 e. The molecule has 2 heterocycles. The molecule has 3 rings (SSSR count). The van der Waals surface area contributed by atoms with E-state index in [1.165, 1.54) is 22.5 Å². The Morgan fingerprint density at radius 3 is 2.78 bits per heavy atom. The first-order chi connectivity index (χ1) is 11.1. The quantitative estimate of drug-likeness (QED) is 0.753. The molecule has 0 spiro atoms. The number of furan rings is 1. The number of anilines is 1. The molecule has 0 unspecified atom stereocenters. The highest BCUT2D eigenvalue weighted by molar-refractivity contribution is 7.22. The van der Waals surface area contributed by atoms with Crippen molar-refractivity contribution in [2.24, 2.45) is 0 Å². The van der Waals surface area contributed by atoms with Gasteiger partial charge >= 0.3 is 0 Å². The maximum absolute atomic E-state index is 12.8. The van der Waals surface area contributed by atoms with E-state index >= 15 is 0 Å². The van der Waals surface area contributed by atoms with Crippen molar-refractivity contribution >= 4 is 32.6 Å². The third-order valence-corrected chi connectivity index (χ3v) is 4.61. The van der Waals surface area contributed by atoms with E-state index in [2.05, 4.69) is 19.1 Å². The van der Waals surface area contributed by atoms with Gasteiger partial charge in [-0.2, -0.15) is 0 Å². The summed E-state index contributed by atoms with van der Waals surface area (Å²) < 4.78 is 6.36. The van der Waals surface area contributed by atoms with Gasteiger partial charge in [-0.15, -0.1) is 0 Å². The molecule has 0 saturated heterocycles. The summed E-state index contributed by atoms with van der Waals surface area (Å²) in [5.41, 5.74) is 0.919. The molecule has 0 fully saturated rings. The third kappa shape index (κ3) is 3.60. The van der Waals surface area contributed by atoms with Crippen LogP contribution in [-0.2, 0) is 0 Å². The highest BCUT2D eigenvalue weighted by atomic mass is 32.1. The fourth-order valence-corrected chi connectivity index (χ4v) is 3.37. The van der Waals surface area contributed by atoms with Crippen LogP contribution in [0.2, 0.25) is 0 Å². The molecule has 0 aliphatic heterocycles. The second kappa shape index (κ2) is 6.93. The second-order valence-corrected chi connectivity index (χ2v) is 6.72. The number of amides is 1. The molecular formula is C17H20N3O2S+. The number of hydrogen-bond acceptors (Lipinski definition) is 4. The van der Waals surface area contributed by atoms with Crippen LogP contribution < -0.4 is 9.80 Å². The van der Waals surface area contributed by atoms with Crippen LogP contribution in [0, 0.1) is 0 Å². The number of para-hydroxylation sites is 1. The molecule has 0 atom stereocenters. The Hall–Kier alpha value is -2.18. The van der Waals surface area contributed by atoms with Gasteiger partial charge in [-0.1, -0.05) is 23.5 Å². The van der Waals surface area contributed by atoms with Crippen molar-refractivity contribution in [3.63, 3.8) is 0 Å². The first kappa shape index (κ1) is 15.7. The van der Waals surface area contributed by atoms with Crippen molar-refractivity contribution in [3.8, 4) is 0 Å². The summed E-state index contributed by atoms with van der Waals surface area (Å²) >= 11 is 1.54. The number of aromatic nitrogens is 1. The van der Waals surface area contributed by atoms with Gasteiger partial charge in [0, 0.05) is 13.0 Å². The standard InChI is InChI=1S/C17H19N3O2S/c1-19(2)10-6-11-20(16(21)14-8-5-12-22-14)17-18-13-7-3-4-9-15(13)23-17/h3-5,7-9,12H,6,10-11H2,1-2H3/p+1. The topological polar surface area (TPSA) is 50.8 Å². The number of fused-ring (bicyclic) bond motifs is 1. The lowest BCUT2D eigenvalue weighted by atomic mass is 10.3. The fourth-order valence-electron chi connectivity index (χ4n) is 2.38. The molecule has 0 bridgehead atoms. The van der Waals surface area contributed by atoms with E-state index in [1.807, 2.05) is 24.3 Å². The van der Waals surface area contributed by atoms with Crippen LogP contribution in [0.5, 0.6) is 0 Å². The fraction of sp³-hybridized carbons (Fsp3) is 0.294. The van der Waals surface area contributed by atoms with E-state index < -0.39 is 0 Å². The number of benzene rings is 1. The van der Waals surface area contributed by atoms with Crippen LogP contribution in [0.3, 0.4) is 0 Å². The lowest BCUT2D eigenvalue weighted by Crippen LogP contribution is -3.05. The van der Waals surface area contributed by atoms with E-state index in [0.29, 0.717) is 12.3 Å². The monoisotopic (exact) mass is 330 g/mol. The summed E-state index contributed by atoms with van der Waals surface area (Å²) in [5.74, 6) is 0.212. The molecule has 2 aromatic heterocycles.